The van der Waals surface area contributed by atoms with E-state index in [1.54, 1.807) is 6.07 Å². The lowest BCUT2D eigenvalue weighted by Crippen LogP contribution is -2.10. The molecule has 14 heavy (non-hydrogen) atoms. The van der Waals surface area contributed by atoms with E-state index in [0.29, 0.717) is 11.6 Å². The number of ether oxygens (including phenoxy) is 1. The summed E-state index contributed by atoms with van der Waals surface area (Å²) < 4.78 is 5.06. The van der Waals surface area contributed by atoms with Crippen molar-refractivity contribution < 1.29 is 14.6 Å². The molecule has 0 saturated carbocycles. The molecule has 1 rings (SSSR count). The van der Waals surface area contributed by atoms with Gasteiger partial charge in [0.15, 0.2) is 6.61 Å². The van der Waals surface area contributed by atoms with Crippen LogP contribution in [0.2, 0.25) is 0 Å². The number of carbonyl (C=O) groups is 1. The number of hydrogen-bond acceptors (Lipinski definition) is 2. The largest absolute Gasteiger partial charge is 0.482 e. The first-order valence-corrected chi connectivity index (χ1v) is 4.67. The Bertz CT molecular complexity index is 336. The van der Waals surface area contributed by atoms with Gasteiger partial charge in [-0.1, -0.05) is 12.1 Å². The molecule has 1 aromatic rings. The first-order chi connectivity index (χ1) is 6.63. The number of carboxylic acid groups (broad SMARTS) is 1. The third-order valence-corrected chi connectivity index (χ3v) is 2.05. The minimum Gasteiger partial charge on any atom is -0.482 e. The van der Waals surface area contributed by atoms with Crippen molar-refractivity contribution in [1.82, 2.24) is 0 Å². The Morgan fingerprint density at radius 1 is 1.57 bits per heavy atom. The van der Waals surface area contributed by atoms with Gasteiger partial charge in [0.25, 0.3) is 0 Å². The fraction of sp³-hybridized carbons (Fsp3) is 0.300. The van der Waals surface area contributed by atoms with Crippen molar-refractivity contribution in [3.63, 3.8) is 0 Å². The van der Waals surface area contributed by atoms with Crippen LogP contribution in [0.15, 0.2) is 18.2 Å². The molecule has 0 aliphatic carbocycles. The fourth-order valence-corrected chi connectivity index (χ4v) is 1.26. The third-order valence-electron chi connectivity index (χ3n) is 1.74. The summed E-state index contributed by atoms with van der Waals surface area (Å²) >= 11 is 5.64. The maximum atomic E-state index is 10.3. The van der Waals surface area contributed by atoms with Gasteiger partial charge in [0, 0.05) is 5.88 Å². The number of alkyl halides is 1. The van der Waals surface area contributed by atoms with Crippen LogP contribution in [0, 0.1) is 6.92 Å². The molecule has 0 aliphatic heterocycles. The number of halogens is 1. The second-order valence-corrected chi connectivity index (χ2v) is 3.18. The smallest absolute Gasteiger partial charge is 0.341 e. The first kappa shape index (κ1) is 10.9. The molecule has 0 amide bonds. The quantitative estimate of drug-likeness (QED) is 0.782. The highest BCUT2D eigenvalue weighted by Gasteiger charge is 2.03. The first-order valence-electron chi connectivity index (χ1n) is 4.13. The number of hydrogen-bond donors (Lipinski definition) is 1. The van der Waals surface area contributed by atoms with Gasteiger partial charge in [-0.05, 0) is 24.1 Å². The SMILES string of the molecule is Cc1cc(CCl)ccc1OCC(=O)O. The van der Waals surface area contributed by atoms with Crippen LogP contribution in [0.1, 0.15) is 11.1 Å². The Labute approximate surface area is 87.3 Å². The molecule has 0 heterocycles. The van der Waals surface area contributed by atoms with Crippen LogP contribution in [0.3, 0.4) is 0 Å². The van der Waals surface area contributed by atoms with Gasteiger partial charge >= 0.3 is 5.97 Å². The monoisotopic (exact) mass is 214 g/mol. The van der Waals surface area contributed by atoms with E-state index in [2.05, 4.69) is 0 Å². The zero-order chi connectivity index (χ0) is 10.6. The highest BCUT2D eigenvalue weighted by Crippen LogP contribution is 2.19. The van der Waals surface area contributed by atoms with Crippen molar-refractivity contribution in [2.75, 3.05) is 6.61 Å². The Kier molecular flexibility index (Phi) is 3.77. The molecule has 0 fully saturated rings. The Morgan fingerprint density at radius 2 is 2.29 bits per heavy atom. The van der Waals surface area contributed by atoms with Crippen LogP contribution in [-0.2, 0) is 10.7 Å². The van der Waals surface area contributed by atoms with E-state index in [4.69, 9.17) is 21.4 Å². The molecule has 0 aliphatic rings. The summed E-state index contributed by atoms with van der Waals surface area (Å²) in [5, 5.41) is 8.42. The summed E-state index contributed by atoms with van der Waals surface area (Å²) in [6, 6.07) is 5.43. The van der Waals surface area contributed by atoms with E-state index in [1.807, 2.05) is 19.1 Å². The van der Waals surface area contributed by atoms with Gasteiger partial charge in [-0.15, -0.1) is 11.6 Å². The second kappa shape index (κ2) is 4.86. The van der Waals surface area contributed by atoms with Crippen molar-refractivity contribution in [3.8, 4) is 5.75 Å². The molecule has 1 N–H and O–H groups in total. The number of rotatable bonds is 4. The average molecular weight is 215 g/mol. The molecule has 0 bridgehead atoms. The molecule has 1 aromatic carbocycles. The zero-order valence-electron chi connectivity index (χ0n) is 7.79. The van der Waals surface area contributed by atoms with Crippen molar-refractivity contribution in [2.24, 2.45) is 0 Å². The molecule has 0 unspecified atom stereocenters. The molecule has 76 valence electrons. The molecule has 3 nitrogen and oxygen atoms in total. The summed E-state index contributed by atoms with van der Waals surface area (Å²) in [5.41, 5.74) is 1.89. The number of benzene rings is 1. The van der Waals surface area contributed by atoms with E-state index in [9.17, 15) is 4.79 Å². The van der Waals surface area contributed by atoms with Crippen LogP contribution >= 0.6 is 11.6 Å². The Hall–Kier alpha value is -1.22. The highest BCUT2D eigenvalue weighted by molar-refractivity contribution is 6.17. The van der Waals surface area contributed by atoms with E-state index in [0.717, 1.165) is 11.1 Å². The summed E-state index contributed by atoms with van der Waals surface area (Å²) in [7, 11) is 0. The number of aliphatic carboxylic acids is 1. The normalized spacial score (nSPS) is 9.86. The maximum Gasteiger partial charge on any atom is 0.341 e. The summed E-state index contributed by atoms with van der Waals surface area (Å²) in [4.78, 5) is 10.3. The van der Waals surface area contributed by atoms with Gasteiger partial charge in [-0.3, -0.25) is 0 Å². The summed E-state index contributed by atoms with van der Waals surface area (Å²) in [5.74, 6) is 0.0483. The topological polar surface area (TPSA) is 46.5 Å². The molecular formula is C10H11ClO3. The van der Waals surface area contributed by atoms with Gasteiger partial charge in [-0.2, -0.15) is 0 Å². The summed E-state index contributed by atoms with van der Waals surface area (Å²) in [6.45, 7) is 1.54. The predicted molar refractivity (Wildman–Crippen MR) is 53.9 cm³/mol. The average Bonchev–Trinajstić information content (AvgIpc) is 2.15. The number of carboxylic acids is 1. The highest BCUT2D eigenvalue weighted by atomic mass is 35.5. The minimum atomic E-state index is -0.981. The third kappa shape index (κ3) is 2.92. The summed E-state index contributed by atoms with van der Waals surface area (Å²) in [6.07, 6.45) is 0. The van der Waals surface area contributed by atoms with E-state index in [1.165, 1.54) is 0 Å². The molecule has 0 radical (unpaired) electrons. The lowest BCUT2D eigenvalue weighted by Gasteiger charge is -2.07. The molecule has 0 aromatic heterocycles. The Balaban J connectivity index is 2.73. The van der Waals surface area contributed by atoms with Crippen molar-refractivity contribution in [1.29, 1.82) is 0 Å². The standard InChI is InChI=1S/C10H11ClO3/c1-7-4-8(5-11)2-3-9(7)14-6-10(12)13/h2-4H,5-6H2,1H3,(H,12,13). The minimum absolute atomic E-state index is 0.318. The van der Waals surface area contributed by atoms with E-state index in [-0.39, 0.29) is 6.61 Å². The molecule has 4 heteroatoms. The van der Waals surface area contributed by atoms with Gasteiger partial charge in [-0.25, -0.2) is 4.79 Å². The van der Waals surface area contributed by atoms with E-state index < -0.39 is 5.97 Å². The lowest BCUT2D eigenvalue weighted by molar-refractivity contribution is -0.139. The van der Waals surface area contributed by atoms with Gasteiger partial charge in [0.2, 0.25) is 0 Å². The van der Waals surface area contributed by atoms with Crippen molar-refractivity contribution in [3.05, 3.63) is 29.3 Å². The van der Waals surface area contributed by atoms with Crippen LogP contribution in [0.25, 0.3) is 0 Å². The van der Waals surface area contributed by atoms with Crippen LogP contribution < -0.4 is 4.74 Å². The van der Waals surface area contributed by atoms with E-state index >= 15 is 0 Å². The lowest BCUT2D eigenvalue weighted by atomic mass is 10.1. The predicted octanol–water partition coefficient (Wildman–Crippen LogP) is 2.20. The molecular weight excluding hydrogens is 204 g/mol. The van der Waals surface area contributed by atoms with Gasteiger partial charge in [0.05, 0.1) is 0 Å². The van der Waals surface area contributed by atoms with Crippen molar-refractivity contribution in [2.45, 2.75) is 12.8 Å². The molecule has 0 atom stereocenters. The van der Waals surface area contributed by atoms with Crippen LogP contribution in [-0.4, -0.2) is 17.7 Å². The number of aryl methyl sites for hydroxylation is 1. The van der Waals surface area contributed by atoms with Crippen molar-refractivity contribution >= 4 is 17.6 Å². The zero-order valence-corrected chi connectivity index (χ0v) is 8.54. The van der Waals surface area contributed by atoms with Gasteiger partial charge < -0.3 is 9.84 Å². The van der Waals surface area contributed by atoms with Crippen LogP contribution in [0.4, 0.5) is 0 Å². The second-order valence-electron chi connectivity index (χ2n) is 2.92. The molecule has 0 spiro atoms. The fourth-order valence-electron chi connectivity index (χ4n) is 1.10. The van der Waals surface area contributed by atoms with Gasteiger partial charge in [0.1, 0.15) is 5.75 Å². The maximum absolute atomic E-state index is 10.3. The van der Waals surface area contributed by atoms with Crippen LogP contribution in [0.5, 0.6) is 5.75 Å². The molecule has 0 saturated heterocycles. The Morgan fingerprint density at radius 3 is 2.79 bits per heavy atom.